The van der Waals surface area contributed by atoms with Crippen molar-refractivity contribution in [2.75, 3.05) is 24.4 Å². The standard InChI is InChI=1S/C21H18N2O5S/c1-27-17-9-3-2-8-16(17)23-19(24)13-28-21(26)14-6-4-7-15(12-14)22-20(25)18-10-5-11-29-18/h2-12H,13H2,1H3,(H,22,25)(H,23,24). The molecule has 0 saturated carbocycles. The van der Waals surface area contributed by atoms with Crippen molar-refractivity contribution in [3.8, 4) is 5.75 Å². The van der Waals surface area contributed by atoms with Crippen LogP contribution in [0.15, 0.2) is 66.0 Å². The Morgan fingerprint density at radius 2 is 1.79 bits per heavy atom. The summed E-state index contributed by atoms with van der Waals surface area (Å²) < 4.78 is 10.2. The molecule has 8 heteroatoms. The fourth-order valence-corrected chi connectivity index (χ4v) is 3.09. The lowest BCUT2D eigenvalue weighted by molar-refractivity contribution is -0.119. The summed E-state index contributed by atoms with van der Waals surface area (Å²) >= 11 is 1.32. The smallest absolute Gasteiger partial charge is 0.338 e. The molecule has 2 amide bonds. The lowest BCUT2D eigenvalue weighted by atomic mass is 10.2. The quantitative estimate of drug-likeness (QED) is 0.578. The number of hydrogen-bond acceptors (Lipinski definition) is 6. The van der Waals surface area contributed by atoms with Crippen LogP contribution in [0.2, 0.25) is 0 Å². The third-order valence-electron chi connectivity index (χ3n) is 3.82. The molecule has 0 aliphatic rings. The van der Waals surface area contributed by atoms with Crippen LogP contribution in [-0.4, -0.2) is 31.5 Å². The maximum absolute atomic E-state index is 12.3. The molecule has 2 N–H and O–H groups in total. The number of rotatable bonds is 7. The van der Waals surface area contributed by atoms with E-state index in [0.717, 1.165) is 0 Å². The summed E-state index contributed by atoms with van der Waals surface area (Å²) in [6.07, 6.45) is 0. The number of anilines is 2. The Kier molecular flexibility index (Phi) is 6.59. The van der Waals surface area contributed by atoms with Crippen molar-refractivity contribution in [3.05, 3.63) is 76.5 Å². The number of carbonyl (C=O) groups is 3. The number of carbonyl (C=O) groups excluding carboxylic acids is 3. The van der Waals surface area contributed by atoms with Crippen LogP contribution in [0.1, 0.15) is 20.0 Å². The maximum atomic E-state index is 12.3. The summed E-state index contributed by atoms with van der Waals surface area (Å²) in [4.78, 5) is 37.0. The molecule has 0 bridgehead atoms. The second-order valence-corrected chi connectivity index (χ2v) is 6.78. The largest absolute Gasteiger partial charge is 0.495 e. The van der Waals surface area contributed by atoms with Gasteiger partial charge in [0.25, 0.3) is 11.8 Å². The molecule has 0 unspecified atom stereocenters. The van der Waals surface area contributed by atoms with Crippen LogP contribution in [0.25, 0.3) is 0 Å². The minimum absolute atomic E-state index is 0.221. The van der Waals surface area contributed by atoms with E-state index in [-0.39, 0.29) is 11.5 Å². The fourth-order valence-electron chi connectivity index (χ4n) is 2.47. The van der Waals surface area contributed by atoms with Gasteiger partial charge in [0.15, 0.2) is 6.61 Å². The van der Waals surface area contributed by atoms with Gasteiger partial charge >= 0.3 is 5.97 Å². The van der Waals surface area contributed by atoms with Gasteiger partial charge < -0.3 is 20.1 Å². The molecule has 0 aliphatic heterocycles. The first-order chi connectivity index (χ1) is 14.1. The molecule has 0 spiro atoms. The van der Waals surface area contributed by atoms with Crippen LogP contribution in [-0.2, 0) is 9.53 Å². The number of benzene rings is 2. The van der Waals surface area contributed by atoms with E-state index < -0.39 is 18.5 Å². The van der Waals surface area contributed by atoms with Crippen LogP contribution >= 0.6 is 11.3 Å². The molecule has 0 atom stereocenters. The predicted molar refractivity (Wildman–Crippen MR) is 111 cm³/mol. The number of para-hydroxylation sites is 2. The van der Waals surface area contributed by atoms with Crippen molar-refractivity contribution in [1.82, 2.24) is 0 Å². The number of methoxy groups -OCH3 is 1. The van der Waals surface area contributed by atoms with Gasteiger partial charge in [0.05, 0.1) is 23.2 Å². The number of nitrogens with one attached hydrogen (secondary N) is 2. The van der Waals surface area contributed by atoms with E-state index in [1.54, 1.807) is 60.0 Å². The van der Waals surface area contributed by atoms with Crippen molar-refractivity contribution in [2.24, 2.45) is 0 Å². The van der Waals surface area contributed by atoms with Gasteiger partial charge in [0.1, 0.15) is 5.75 Å². The van der Waals surface area contributed by atoms with Crippen LogP contribution in [0.5, 0.6) is 5.75 Å². The van der Waals surface area contributed by atoms with Gasteiger partial charge in [0.2, 0.25) is 0 Å². The molecule has 0 radical (unpaired) electrons. The predicted octanol–water partition coefficient (Wildman–Crippen LogP) is 3.80. The van der Waals surface area contributed by atoms with Gasteiger partial charge in [-0.05, 0) is 41.8 Å². The normalized spacial score (nSPS) is 10.1. The Balaban J connectivity index is 1.56. The zero-order valence-corrected chi connectivity index (χ0v) is 16.3. The topological polar surface area (TPSA) is 93.7 Å². The van der Waals surface area contributed by atoms with E-state index >= 15 is 0 Å². The molecule has 0 saturated heterocycles. The number of hydrogen-bond donors (Lipinski definition) is 2. The third-order valence-corrected chi connectivity index (χ3v) is 4.69. The summed E-state index contributed by atoms with van der Waals surface area (Å²) in [6, 6.07) is 16.7. The highest BCUT2D eigenvalue weighted by Gasteiger charge is 2.13. The first kappa shape index (κ1) is 20.1. The third kappa shape index (κ3) is 5.43. The average Bonchev–Trinajstić information content (AvgIpc) is 3.28. The van der Waals surface area contributed by atoms with E-state index in [9.17, 15) is 14.4 Å². The number of ether oxygens (including phenoxy) is 2. The minimum atomic E-state index is -0.674. The van der Waals surface area contributed by atoms with Gasteiger partial charge in [-0.2, -0.15) is 0 Å². The second-order valence-electron chi connectivity index (χ2n) is 5.84. The molecule has 7 nitrogen and oxygen atoms in total. The lowest BCUT2D eigenvalue weighted by Gasteiger charge is -2.10. The van der Waals surface area contributed by atoms with E-state index in [1.165, 1.54) is 24.5 Å². The molecular formula is C21H18N2O5S. The summed E-state index contributed by atoms with van der Waals surface area (Å²) in [6.45, 7) is -0.456. The molecule has 3 rings (SSSR count). The van der Waals surface area contributed by atoms with E-state index in [0.29, 0.717) is 22.0 Å². The molecule has 1 aromatic heterocycles. The lowest BCUT2D eigenvalue weighted by Crippen LogP contribution is -2.21. The average molecular weight is 410 g/mol. The molecule has 1 heterocycles. The van der Waals surface area contributed by atoms with E-state index in [4.69, 9.17) is 9.47 Å². The summed E-state index contributed by atoms with van der Waals surface area (Å²) in [5.74, 6) is -0.930. The van der Waals surface area contributed by atoms with Crippen LogP contribution < -0.4 is 15.4 Å². The Morgan fingerprint density at radius 3 is 2.55 bits per heavy atom. The first-order valence-corrected chi connectivity index (χ1v) is 9.49. The highest BCUT2D eigenvalue weighted by Crippen LogP contribution is 2.22. The van der Waals surface area contributed by atoms with Crippen molar-refractivity contribution in [1.29, 1.82) is 0 Å². The van der Waals surface area contributed by atoms with Crippen LogP contribution in [0.4, 0.5) is 11.4 Å². The highest BCUT2D eigenvalue weighted by atomic mass is 32.1. The summed E-state index contributed by atoms with van der Waals surface area (Å²) in [5, 5.41) is 7.15. The fraction of sp³-hybridized carbons (Fsp3) is 0.0952. The number of esters is 1. The molecule has 0 fully saturated rings. The van der Waals surface area contributed by atoms with Gasteiger partial charge in [-0.25, -0.2) is 4.79 Å². The molecule has 148 valence electrons. The Morgan fingerprint density at radius 1 is 0.966 bits per heavy atom. The van der Waals surface area contributed by atoms with Gasteiger partial charge in [-0.1, -0.05) is 24.3 Å². The zero-order valence-electron chi connectivity index (χ0n) is 15.5. The Bertz CT molecular complexity index is 1020. The number of amides is 2. The summed E-state index contributed by atoms with van der Waals surface area (Å²) in [5.41, 5.74) is 1.16. The summed E-state index contributed by atoms with van der Waals surface area (Å²) in [7, 11) is 1.50. The SMILES string of the molecule is COc1ccccc1NC(=O)COC(=O)c1cccc(NC(=O)c2cccs2)c1. The van der Waals surface area contributed by atoms with Crippen LogP contribution in [0.3, 0.4) is 0 Å². The molecule has 3 aromatic rings. The van der Waals surface area contributed by atoms with Gasteiger partial charge in [-0.3, -0.25) is 9.59 Å². The number of thiophene rings is 1. The van der Waals surface area contributed by atoms with E-state index in [1.807, 2.05) is 0 Å². The van der Waals surface area contributed by atoms with Crippen molar-refractivity contribution in [2.45, 2.75) is 0 Å². The van der Waals surface area contributed by atoms with Crippen molar-refractivity contribution >= 4 is 40.5 Å². The monoisotopic (exact) mass is 410 g/mol. The van der Waals surface area contributed by atoms with E-state index in [2.05, 4.69) is 10.6 Å². The highest BCUT2D eigenvalue weighted by molar-refractivity contribution is 7.12. The van der Waals surface area contributed by atoms with Crippen molar-refractivity contribution < 1.29 is 23.9 Å². The molecule has 29 heavy (non-hydrogen) atoms. The first-order valence-electron chi connectivity index (χ1n) is 8.61. The minimum Gasteiger partial charge on any atom is -0.495 e. The molecular weight excluding hydrogens is 392 g/mol. The Labute approximate surface area is 171 Å². The van der Waals surface area contributed by atoms with Gasteiger partial charge in [0, 0.05) is 5.69 Å². The molecule has 0 aliphatic carbocycles. The maximum Gasteiger partial charge on any atom is 0.338 e. The second kappa shape index (κ2) is 9.52. The Hall–Kier alpha value is -3.65. The van der Waals surface area contributed by atoms with Gasteiger partial charge in [-0.15, -0.1) is 11.3 Å². The van der Waals surface area contributed by atoms with Crippen molar-refractivity contribution in [3.63, 3.8) is 0 Å². The zero-order chi connectivity index (χ0) is 20.6. The molecule has 2 aromatic carbocycles. The van der Waals surface area contributed by atoms with Crippen LogP contribution in [0, 0.1) is 0 Å².